The number of aromatic hydroxyl groups is 1. The lowest BCUT2D eigenvalue weighted by Crippen LogP contribution is -2.13. The maximum Gasteiger partial charge on any atom is 0.225 e. The van der Waals surface area contributed by atoms with E-state index >= 15 is 0 Å². The standard InChI is InChI=1S/C14H13FN2O2S/c15-10-4-3-5-11(18)14(10)17-12(19)7-9-20-13-6-1-2-8-16-13/h1-6,8,18H,7,9H2,(H,17,19). The van der Waals surface area contributed by atoms with Crippen molar-refractivity contribution in [1.29, 1.82) is 0 Å². The number of hydrogen-bond acceptors (Lipinski definition) is 4. The quantitative estimate of drug-likeness (QED) is 0.657. The number of anilines is 1. The Hall–Kier alpha value is -2.08. The zero-order valence-electron chi connectivity index (χ0n) is 10.5. The summed E-state index contributed by atoms with van der Waals surface area (Å²) >= 11 is 1.44. The molecule has 1 heterocycles. The van der Waals surface area contributed by atoms with Crippen LogP contribution in [0.5, 0.6) is 5.75 Å². The molecular formula is C14H13FN2O2S. The lowest BCUT2D eigenvalue weighted by atomic mass is 10.2. The van der Waals surface area contributed by atoms with E-state index in [1.165, 1.54) is 30.0 Å². The van der Waals surface area contributed by atoms with Gasteiger partial charge >= 0.3 is 0 Å². The number of aromatic nitrogens is 1. The minimum Gasteiger partial charge on any atom is -0.506 e. The molecule has 0 atom stereocenters. The second kappa shape index (κ2) is 6.91. The van der Waals surface area contributed by atoms with Crippen molar-refractivity contribution < 1.29 is 14.3 Å². The van der Waals surface area contributed by atoms with Crippen LogP contribution in [0.2, 0.25) is 0 Å². The molecule has 6 heteroatoms. The summed E-state index contributed by atoms with van der Waals surface area (Å²) in [7, 11) is 0. The third kappa shape index (κ3) is 3.96. The van der Waals surface area contributed by atoms with Crippen molar-refractivity contribution >= 4 is 23.4 Å². The highest BCUT2D eigenvalue weighted by molar-refractivity contribution is 7.99. The zero-order chi connectivity index (χ0) is 14.4. The number of carbonyl (C=O) groups is 1. The molecule has 0 radical (unpaired) electrons. The van der Waals surface area contributed by atoms with Gasteiger partial charge in [0.2, 0.25) is 5.91 Å². The molecule has 0 bridgehead atoms. The summed E-state index contributed by atoms with van der Waals surface area (Å²) in [5.74, 6) is -0.766. The van der Waals surface area contributed by atoms with Crippen molar-refractivity contribution in [3.8, 4) is 5.75 Å². The molecule has 104 valence electrons. The molecule has 1 aromatic carbocycles. The van der Waals surface area contributed by atoms with Crippen LogP contribution in [0.4, 0.5) is 10.1 Å². The number of phenols is 1. The van der Waals surface area contributed by atoms with Crippen molar-refractivity contribution in [2.24, 2.45) is 0 Å². The third-order valence-corrected chi connectivity index (χ3v) is 3.42. The van der Waals surface area contributed by atoms with Crippen LogP contribution in [0.25, 0.3) is 0 Å². The molecule has 2 N–H and O–H groups in total. The number of rotatable bonds is 5. The Balaban J connectivity index is 1.84. The van der Waals surface area contributed by atoms with Crippen LogP contribution in [-0.4, -0.2) is 21.8 Å². The predicted molar refractivity (Wildman–Crippen MR) is 76.3 cm³/mol. The van der Waals surface area contributed by atoms with Crippen molar-refractivity contribution in [2.75, 3.05) is 11.1 Å². The minimum absolute atomic E-state index is 0.180. The lowest BCUT2D eigenvalue weighted by molar-refractivity contribution is -0.115. The normalized spacial score (nSPS) is 10.2. The molecule has 4 nitrogen and oxygen atoms in total. The average molecular weight is 292 g/mol. The molecule has 1 aromatic heterocycles. The first-order valence-corrected chi connectivity index (χ1v) is 6.96. The van der Waals surface area contributed by atoms with E-state index in [1.54, 1.807) is 6.20 Å². The molecule has 0 saturated heterocycles. The Labute approximate surface area is 120 Å². The first-order valence-electron chi connectivity index (χ1n) is 5.98. The van der Waals surface area contributed by atoms with Gasteiger partial charge in [-0.1, -0.05) is 12.1 Å². The maximum absolute atomic E-state index is 13.4. The van der Waals surface area contributed by atoms with E-state index in [2.05, 4.69) is 10.3 Å². The van der Waals surface area contributed by atoms with Gasteiger partial charge in [-0.3, -0.25) is 4.79 Å². The maximum atomic E-state index is 13.4. The Bertz CT molecular complexity index is 573. The molecule has 20 heavy (non-hydrogen) atoms. The van der Waals surface area contributed by atoms with Gasteiger partial charge in [-0.15, -0.1) is 11.8 Å². The van der Waals surface area contributed by atoms with Crippen molar-refractivity contribution in [3.05, 3.63) is 48.4 Å². The number of nitrogens with one attached hydrogen (secondary N) is 1. The Morgan fingerprint density at radius 3 is 2.85 bits per heavy atom. The van der Waals surface area contributed by atoms with Crippen molar-refractivity contribution in [3.63, 3.8) is 0 Å². The van der Waals surface area contributed by atoms with Crippen molar-refractivity contribution in [1.82, 2.24) is 4.98 Å². The van der Waals surface area contributed by atoms with E-state index in [4.69, 9.17) is 0 Å². The Kier molecular flexibility index (Phi) is 4.95. The number of amides is 1. The molecule has 0 fully saturated rings. The summed E-state index contributed by atoms with van der Waals surface area (Å²) in [5, 5.41) is 12.7. The first-order chi connectivity index (χ1) is 9.66. The van der Waals surface area contributed by atoms with E-state index in [0.717, 1.165) is 5.03 Å². The fraction of sp³-hybridized carbons (Fsp3) is 0.143. The van der Waals surface area contributed by atoms with Crippen LogP contribution in [0, 0.1) is 5.82 Å². The second-order valence-corrected chi connectivity index (χ2v) is 5.06. The van der Waals surface area contributed by atoms with E-state index in [0.29, 0.717) is 5.75 Å². The highest BCUT2D eigenvalue weighted by Gasteiger charge is 2.11. The summed E-state index contributed by atoms with van der Waals surface area (Å²) in [6.45, 7) is 0. The molecule has 0 aliphatic carbocycles. The number of benzene rings is 1. The SMILES string of the molecule is O=C(CCSc1ccccn1)Nc1c(O)cccc1F. The zero-order valence-corrected chi connectivity index (χ0v) is 11.4. The van der Waals surface area contributed by atoms with Crippen LogP contribution in [0.3, 0.4) is 0 Å². The molecule has 0 aliphatic rings. The molecule has 0 saturated carbocycles. The summed E-state index contributed by atoms with van der Waals surface area (Å²) in [4.78, 5) is 15.8. The van der Waals surface area contributed by atoms with Gasteiger partial charge in [0, 0.05) is 18.4 Å². The number of pyridine rings is 1. The molecule has 2 aromatic rings. The van der Waals surface area contributed by atoms with Crippen LogP contribution >= 0.6 is 11.8 Å². The summed E-state index contributed by atoms with van der Waals surface area (Å²) in [6.07, 6.45) is 1.88. The Morgan fingerprint density at radius 2 is 2.15 bits per heavy atom. The number of para-hydroxylation sites is 1. The summed E-state index contributed by atoms with van der Waals surface area (Å²) < 4.78 is 13.4. The predicted octanol–water partition coefficient (Wildman–Crippen LogP) is 3.05. The largest absolute Gasteiger partial charge is 0.506 e. The average Bonchev–Trinajstić information content (AvgIpc) is 2.44. The Morgan fingerprint density at radius 1 is 1.30 bits per heavy atom. The van der Waals surface area contributed by atoms with Gasteiger partial charge in [-0.25, -0.2) is 9.37 Å². The highest BCUT2D eigenvalue weighted by Crippen LogP contribution is 2.26. The van der Waals surface area contributed by atoms with Gasteiger partial charge in [0.15, 0.2) is 5.82 Å². The fourth-order valence-electron chi connectivity index (χ4n) is 1.52. The molecule has 0 unspecified atom stereocenters. The number of hydrogen-bond donors (Lipinski definition) is 2. The van der Waals surface area contributed by atoms with E-state index in [1.807, 2.05) is 18.2 Å². The summed E-state index contributed by atoms with van der Waals surface area (Å²) in [5.41, 5.74) is -0.180. The first kappa shape index (κ1) is 14.3. The summed E-state index contributed by atoms with van der Waals surface area (Å²) in [6, 6.07) is 9.41. The number of nitrogens with zero attached hydrogens (tertiary/aromatic N) is 1. The van der Waals surface area contributed by atoms with E-state index in [-0.39, 0.29) is 23.8 Å². The third-order valence-electron chi connectivity index (χ3n) is 2.47. The molecule has 0 spiro atoms. The fourth-order valence-corrected chi connectivity index (χ4v) is 2.33. The number of halogens is 1. The van der Waals surface area contributed by atoms with E-state index in [9.17, 15) is 14.3 Å². The van der Waals surface area contributed by atoms with Crippen molar-refractivity contribution in [2.45, 2.75) is 11.4 Å². The monoisotopic (exact) mass is 292 g/mol. The number of phenolic OH excluding ortho intramolecular Hbond substituents is 1. The lowest BCUT2D eigenvalue weighted by Gasteiger charge is -2.07. The van der Waals surface area contributed by atoms with Crippen LogP contribution in [-0.2, 0) is 4.79 Å². The van der Waals surface area contributed by atoms with Gasteiger partial charge in [-0.2, -0.15) is 0 Å². The highest BCUT2D eigenvalue weighted by atomic mass is 32.2. The van der Waals surface area contributed by atoms with Gasteiger partial charge < -0.3 is 10.4 Å². The van der Waals surface area contributed by atoms with Gasteiger partial charge in [0.25, 0.3) is 0 Å². The van der Waals surface area contributed by atoms with E-state index < -0.39 is 5.82 Å². The molecular weight excluding hydrogens is 279 g/mol. The number of carbonyl (C=O) groups excluding carboxylic acids is 1. The van der Waals surface area contributed by atoms with Gasteiger partial charge in [0.05, 0.1) is 5.03 Å². The molecule has 1 amide bonds. The van der Waals surface area contributed by atoms with Gasteiger partial charge in [0.1, 0.15) is 11.4 Å². The van der Waals surface area contributed by atoms with Crippen LogP contribution in [0.15, 0.2) is 47.6 Å². The topological polar surface area (TPSA) is 62.2 Å². The minimum atomic E-state index is -0.657. The molecule has 2 rings (SSSR count). The second-order valence-electron chi connectivity index (χ2n) is 3.95. The molecule has 0 aliphatic heterocycles. The van der Waals surface area contributed by atoms with Crippen LogP contribution in [0.1, 0.15) is 6.42 Å². The van der Waals surface area contributed by atoms with Crippen LogP contribution < -0.4 is 5.32 Å². The van der Waals surface area contributed by atoms with Gasteiger partial charge in [-0.05, 0) is 24.3 Å². The smallest absolute Gasteiger partial charge is 0.225 e. The number of thioether (sulfide) groups is 1.